The lowest BCUT2D eigenvalue weighted by Gasteiger charge is -2.41. The molecule has 1 aliphatic rings. The minimum absolute atomic E-state index is 0.491. The van der Waals surface area contributed by atoms with Gasteiger partial charge in [-0.15, -0.1) is 0 Å². The minimum Gasteiger partial charge on any atom is -0.330 e. The lowest BCUT2D eigenvalue weighted by molar-refractivity contribution is 0.137. The fourth-order valence-electron chi connectivity index (χ4n) is 3.05. The van der Waals surface area contributed by atoms with Crippen LogP contribution in [0, 0.1) is 11.8 Å². The third-order valence-corrected chi connectivity index (χ3v) is 4.12. The summed E-state index contributed by atoms with van der Waals surface area (Å²) in [6.07, 6.45) is 1.17. The van der Waals surface area contributed by atoms with Crippen molar-refractivity contribution >= 4 is 0 Å². The number of nitrogens with two attached hydrogens (primary N) is 1. The van der Waals surface area contributed by atoms with Gasteiger partial charge in [0, 0.05) is 12.6 Å². The van der Waals surface area contributed by atoms with E-state index < -0.39 is 0 Å². The first-order valence-electron chi connectivity index (χ1n) is 6.63. The van der Waals surface area contributed by atoms with Gasteiger partial charge in [0.2, 0.25) is 0 Å². The van der Waals surface area contributed by atoms with E-state index in [-0.39, 0.29) is 0 Å². The molecule has 1 aromatic carbocycles. The summed E-state index contributed by atoms with van der Waals surface area (Å²) >= 11 is 0. The maximum atomic E-state index is 6.00. The zero-order valence-electron chi connectivity index (χ0n) is 11.2. The Morgan fingerprint density at radius 3 is 2.71 bits per heavy atom. The van der Waals surface area contributed by atoms with Crippen molar-refractivity contribution in [3.05, 3.63) is 35.4 Å². The molecule has 0 amide bonds. The summed E-state index contributed by atoms with van der Waals surface area (Å²) in [6, 6.07) is 9.33. The van der Waals surface area contributed by atoms with Crippen molar-refractivity contribution in [3.63, 3.8) is 0 Å². The first-order chi connectivity index (χ1) is 8.15. The van der Waals surface area contributed by atoms with Gasteiger partial charge in [-0.25, -0.2) is 0 Å². The SMILES string of the molecule is CC(C)C(CN)C1c2ccccc2CCN1C. The average molecular weight is 232 g/mol. The molecule has 0 aromatic heterocycles. The first-order valence-corrected chi connectivity index (χ1v) is 6.63. The smallest absolute Gasteiger partial charge is 0.0390 e. The Morgan fingerprint density at radius 2 is 2.06 bits per heavy atom. The molecule has 1 aromatic rings. The summed E-state index contributed by atoms with van der Waals surface area (Å²) in [4.78, 5) is 2.47. The molecule has 1 heterocycles. The van der Waals surface area contributed by atoms with Crippen molar-refractivity contribution in [1.29, 1.82) is 0 Å². The maximum Gasteiger partial charge on any atom is 0.0390 e. The molecule has 0 aliphatic carbocycles. The van der Waals surface area contributed by atoms with Crippen LogP contribution in [0.2, 0.25) is 0 Å². The van der Waals surface area contributed by atoms with Gasteiger partial charge in [0.25, 0.3) is 0 Å². The molecule has 2 heteroatoms. The first kappa shape index (κ1) is 12.6. The van der Waals surface area contributed by atoms with Crippen molar-refractivity contribution in [2.24, 2.45) is 17.6 Å². The van der Waals surface area contributed by atoms with Gasteiger partial charge in [0.05, 0.1) is 0 Å². The molecule has 2 atom stereocenters. The van der Waals surface area contributed by atoms with Gasteiger partial charge in [-0.1, -0.05) is 38.1 Å². The number of rotatable bonds is 3. The Balaban J connectivity index is 2.38. The number of fused-ring (bicyclic) bond motifs is 1. The standard InChI is InChI=1S/C15H24N2/c1-11(2)14(10-16)15-13-7-5-4-6-12(13)8-9-17(15)3/h4-7,11,14-15H,8-10,16H2,1-3H3. The molecule has 1 aliphatic heterocycles. The van der Waals surface area contributed by atoms with E-state index in [1.807, 2.05) is 0 Å². The van der Waals surface area contributed by atoms with Crippen LogP contribution >= 0.6 is 0 Å². The van der Waals surface area contributed by atoms with E-state index >= 15 is 0 Å². The average Bonchev–Trinajstić information content (AvgIpc) is 2.32. The van der Waals surface area contributed by atoms with Gasteiger partial charge in [-0.2, -0.15) is 0 Å². The van der Waals surface area contributed by atoms with Gasteiger partial charge < -0.3 is 5.73 Å². The fourth-order valence-corrected chi connectivity index (χ4v) is 3.05. The van der Waals surface area contributed by atoms with E-state index in [9.17, 15) is 0 Å². The largest absolute Gasteiger partial charge is 0.330 e. The number of nitrogens with zero attached hydrogens (tertiary/aromatic N) is 1. The molecule has 94 valence electrons. The van der Waals surface area contributed by atoms with Crippen molar-refractivity contribution in [2.45, 2.75) is 26.3 Å². The van der Waals surface area contributed by atoms with Crippen LogP contribution < -0.4 is 5.73 Å². The van der Waals surface area contributed by atoms with E-state index in [0.29, 0.717) is 17.9 Å². The molecule has 0 spiro atoms. The molecular weight excluding hydrogens is 208 g/mol. The quantitative estimate of drug-likeness (QED) is 0.867. The Kier molecular flexibility index (Phi) is 3.85. The monoisotopic (exact) mass is 232 g/mol. The summed E-state index contributed by atoms with van der Waals surface area (Å²) < 4.78 is 0. The van der Waals surface area contributed by atoms with E-state index in [4.69, 9.17) is 5.73 Å². The van der Waals surface area contributed by atoms with Crippen molar-refractivity contribution < 1.29 is 0 Å². The Hall–Kier alpha value is -0.860. The number of likely N-dealkylation sites (N-methyl/N-ethyl adjacent to an activating group) is 1. The van der Waals surface area contributed by atoms with Crippen LogP contribution in [0.5, 0.6) is 0 Å². The molecule has 2 unspecified atom stereocenters. The Bertz CT molecular complexity index is 373. The lowest BCUT2D eigenvalue weighted by atomic mass is 9.79. The molecule has 2 nitrogen and oxygen atoms in total. The summed E-state index contributed by atoms with van der Waals surface area (Å²) in [6.45, 7) is 6.47. The van der Waals surface area contributed by atoms with Crippen molar-refractivity contribution in [1.82, 2.24) is 4.90 Å². The number of hydrogen-bond acceptors (Lipinski definition) is 2. The maximum absolute atomic E-state index is 6.00. The van der Waals surface area contributed by atoms with E-state index in [0.717, 1.165) is 13.1 Å². The summed E-state index contributed by atoms with van der Waals surface area (Å²) in [7, 11) is 2.23. The molecule has 0 bridgehead atoms. The topological polar surface area (TPSA) is 29.3 Å². The summed E-state index contributed by atoms with van der Waals surface area (Å²) in [5.41, 5.74) is 9.00. The van der Waals surface area contributed by atoms with E-state index in [1.165, 1.54) is 17.5 Å². The molecule has 0 fully saturated rings. The van der Waals surface area contributed by atoms with Crippen LogP contribution in [0.25, 0.3) is 0 Å². The van der Waals surface area contributed by atoms with E-state index in [2.05, 4.69) is 50.1 Å². The minimum atomic E-state index is 0.491. The van der Waals surface area contributed by atoms with Gasteiger partial charge in [0.1, 0.15) is 0 Å². The normalized spacial score (nSPS) is 22.5. The fraction of sp³-hybridized carbons (Fsp3) is 0.600. The second-order valence-corrected chi connectivity index (χ2v) is 5.52. The highest BCUT2D eigenvalue weighted by Gasteiger charge is 2.32. The van der Waals surface area contributed by atoms with Gasteiger partial charge in [0.15, 0.2) is 0 Å². The predicted molar refractivity (Wildman–Crippen MR) is 72.9 cm³/mol. The highest BCUT2D eigenvalue weighted by atomic mass is 15.1. The highest BCUT2D eigenvalue weighted by molar-refractivity contribution is 5.33. The zero-order valence-corrected chi connectivity index (χ0v) is 11.2. The van der Waals surface area contributed by atoms with Crippen LogP contribution in [0.15, 0.2) is 24.3 Å². The number of benzene rings is 1. The van der Waals surface area contributed by atoms with Gasteiger partial charge in [-0.05, 0) is 43.0 Å². The van der Waals surface area contributed by atoms with Gasteiger partial charge >= 0.3 is 0 Å². The second-order valence-electron chi connectivity index (χ2n) is 5.52. The van der Waals surface area contributed by atoms with Crippen molar-refractivity contribution in [2.75, 3.05) is 20.1 Å². The van der Waals surface area contributed by atoms with Crippen LogP contribution in [-0.4, -0.2) is 25.0 Å². The zero-order chi connectivity index (χ0) is 12.4. The third kappa shape index (κ3) is 2.38. The second kappa shape index (κ2) is 5.19. The number of hydrogen-bond donors (Lipinski definition) is 1. The van der Waals surface area contributed by atoms with Gasteiger partial charge in [-0.3, -0.25) is 4.90 Å². The molecular formula is C15H24N2. The van der Waals surface area contributed by atoms with Crippen molar-refractivity contribution in [3.8, 4) is 0 Å². The molecule has 0 saturated carbocycles. The molecule has 2 rings (SSSR count). The van der Waals surface area contributed by atoms with Crippen LogP contribution in [0.1, 0.15) is 31.0 Å². The third-order valence-electron chi connectivity index (χ3n) is 4.12. The summed E-state index contributed by atoms with van der Waals surface area (Å²) in [5, 5.41) is 0. The molecule has 0 radical (unpaired) electrons. The highest BCUT2D eigenvalue weighted by Crippen LogP contribution is 2.36. The lowest BCUT2D eigenvalue weighted by Crippen LogP contribution is -2.41. The molecule has 0 saturated heterocycles. The Labute approximate surface area is 105 Å². The van der Waals surface area contributed by atoms with Crippen LogP contribution in [0.4, 0.5) is 0 Å². The molecule has 17 heavy (non-hydrogen) atoms. The van der Waals surface area contributed by atoms with Crippen LogP contribution in [-0.2, 0) is 6.42 Å². The predicted octanol–water partition coefficient (Wildman–Crippen LogP) is 2.45. The summed E-state index contributed by atoms with van der Waals surface area (Å²) in [5.74, 6) is 1.17. The Morgan fingerprint density at radius 1 is 1.35 bits per heavy atom. The van der Waals surface area contributed by atoms with Crippen LogP contribution in [0.3, 0.4) is 0 Å². The molecule has 2 N–H and O–H groups in total. The van der Waals surface area contributed by atoms with E-state index in [1.54, 1.807) is 0 Å².